The second kappa shape index (κ2) is 8.36. The second-order valence-electron chi connectivity index (χ2n) is 7.96. The predicted molar refractivity (Wildman–Crippen MR) is 98.0 cm³/mol. The molecule has 0 bridgehead atoms. The molecule has 0 amide bonds. The van der Waals surface area contributed by atoms with Gasteiger partial charge in [0.2, 0.25) is 0 Å². The lowest BCUT2D eigenvalue weighted by atomic mass is 9.68. The van der Waals surface area contributed by atoms with Gasteiger partial charge in [0, 0.05) is 26.7 Å². The molecule has 2 aliphatic heterocycles. The average molecular weight is 321 g/mol. The average Bonchev–Trinajstić information content (AvgIpc) is 3.01. The van der Waals surface area contributed by atoms with Gasteiger partial charge in [-0.2, -0.15) is 0 Å². The maximum Gasteiger partial charge on any atom is 0.193 e. The maximum atomic E-state index is 4.51. The summed E-state index contributed by atoms with van der Waals surface area (Å²) in [7, 11) is 1.93. The van der Waals surface area contributed by atoms with Gasteiger partial charge in [-0.1, -0.05) is 19.3 Å². The number of nitrogens with zero attached hydrogens (tertiary/aromatic N) is 3. The largest absolute Gasteiger partial charge is 0.356 e. The number of nitrogens with one attached hydrogen (secondary N) is 1. The van der Waals surface area contributed by atoms with E-state index in [1.807, 2.05) is 7.05 Å². The fourth-order valence-corrected chi connectivity index (χ4v) is 4.55. The highest BCUT2D eigenvalue weighted by Crippen LogP contribution is 2.47. The fraction of sp³-hybridized carbons (Fsp3) is 0.947. The van der Waals surface area contributed by atoms with E-state index in [-0.39, 0.29) is 0 Å². The van der Waals surface area contributed by atoms with Crippen LogP contribution in [0.15, 0.2) is 4.99 Å². The lowest BCUT2D eigenvalue weighted by Gasteiger charge is -2.38. The summed E-state index contributed by atoms with van der Waals surface area (Å²) in [6.07, 6.45) is 13.9. The van der Waals surface area contributed by atoms with Crippen LogP contribution >= 0.6 is 0 Å². The van der Waals surface area contributed by atoms with E-state index in [4.69, 9.17) is 0 Å². The quantitative estimate of drug-likeness (QED) is 0.463. The highest BCUT2D eigenvalue weighted by molar-refractivity contribution is 5.80. The third kappa shape index (κ3) is 4.62. The molecule has 23 heavy (non-hydrogen) atoms. The minimum Gasteiger partial charge on any atom is -0.356 e. The molecule has 1 saturated carbocycles. The van der Waals surface area contributed by atoms with Crippen molar-refractivity contribution in [3.05, 3.63) is 0 Å². The van der Waals surface area contributed by atoms with E-state index in [0.717, 1.165) is 12.5 Å². The minimum absolute atomic E-state index is 0.659. The van der Waals surface area contributed by atoms with Gasteiger partial charge in [0.05, 0.1) is 0 Å². The maximum absolute atomic E-state index is 4.51. The zero-order chi connectivity index (χ0) is 16.0. The smallest absolute Gasteiger partial charge is 0.193 e. The normalized spacial score (nSPS) is 24.9. The summed E-state index contributed by atoms with van der Waals surface area (Å²) in [5.74, 6) is 1.14. The molecule has 0 atom stereocenters. The molecule has 2 saturated heterocycles. The Hall–Kier alpha value is -0.770. The highest BCUT2D eigenvalue weighted by atomic mass is 15.3. The summed E-state index contributed by atoms with van der Waals surface area (Å²) < 4.78 is 0. The van der Waals surface area contributed by atoms with Gasteiger partial charge in [0.15, 0.2) is 5.96 Å². The van der Waals surface area contributed by atoms with Gasteiger partial charge in [0.1, 0.15) is 0 Å². The van der Waals surface area contributed by atoms with E-state index in [0.29, 0.717) is 5.41 Å². The van der Waals surface area contributed by atoms with Gasteiger partial charge in [-0.25, -0.2) is 0 Å². The summed E-state index contributed by atoms with van der Waals surface area (Å²) in [6, 6.07) is 0. The number of hydrogen-bond acceptors (Lipinski definition) is 2. The minimum atomic E-state index is 0.659. The Kier molecular flexibility index (Phi) is 6.21. The van der Waals surface area contributed by atoms with Gasteiger partial charge in [0.25, 0.3) is 0 Å². The first kappa shape index (κ1) is 17.1. The summed E-state index contributed by atoms with van der Waals surface area (Å²) in [5, 5.41) is 3.60. The molecule has 2 heterocycles. The van der Waals surface area contributed by atoms with Crippen molar-refractivity contribution in [2.75, 3.05) is 46.3 Å². The molecule has 3 rings (SSSR count). The lowest BCUT2D eigenvalue weighted by Crippen LogP contribution is -2.42. The number of hydrogen-bond donors (Lipinski definition) is 1. The van der Waals surface area contributed by atoms with E-state index >= 15 is 0 Å². The van der Waals surface area contributed by atoms with Crippen molar-refractivity contribution in [2.24, 2.45) is 10.4 Å². The van der Waals surface area contributed by atoms with E-state index in [1.165, 1.54) is 96.9 Å². The number of unbranched alkanes of at least 4 members (excludes halogenated alkanes) is 2. The highest BCUT2D eigenvalue weighted by Gasteiger charge is 2.43. The molecule has 4 heteroatoms. The molecule has 1 spiro atoms. The number of rotatable bonds is 6. The van der Waals surface area contributed by atoms with E-state index < -0.39 is 0 Å². The van der Waals surface area contributed by atoms with Crippen LogP contribution < -0.4 is 5.32 Å². The van der Waals surface area contributed by atoms with Crippen LogP contribution in [0, 0.1) is 5.41 Å². The van der Waals surface area contributed by atoms with Crippen molar-refractivity contribution < 1.29 is 0 Å². The van der Waals surface area contributed by atoms with Crippen molar-refractivity contribution in [3.63, 3.8) is 0 Å². The summed E-state index contributed by atoms with van der Waals surface area (Å²) >= 11 is 0. The van der Waals surface area contributed by atoms with E-state index in [2.05, 4.69) is 20.1 Å². The van der Waals surface area contributed by atoms with Gasteiger partial charge in [-0.3, -0.25) is 4.99 Å². The van der Waals surface area contributed by atoms with Gasteiger partial charge in [-0.15, -0.1) is 0 Å². The zero-order valence-electron chi connectivity index (χ0n) is 15.2. The zero-order valence-corrected chi connectivity index (χ0v) is 15.2. The standard InChI is InChI=1S/C19H36N4/c1-20-18(23-16-11-19(17-23)9-8-10-19)21-12-4-2-5-13-22-14-6-3-7-15-22/h2-17H2,1H3,(H,20,21). The predicted octanol–water partition coefficient (Wildman–Crippen LogP) is 3.09. The molecule has 0 unspecified atom stereocenters. The molecule has 0 aromatic heterocycles. The van der Waals surface area contributed by atoms with Crippen LogP contribution in [0.25, 0.3) is 0 Å². The molecule has 3 fully saturated rings. The van der Waals surface area contributed by atoms with Crippen LogP contribution in [0.2, 0.25) is 0 Å². The van der Waals surface area contributed by atoms with E-state index in [9.17, 15) is 0 Å². The Bertz CT molecular complexity index is 383. The fourth-order valence-electron chi connectivity index (χ4n) is 4.55. The van der Waals surface area contributed by atoms with Crippen molar-refractivity contribution in [3.8, 4) is 0 Å². The molecule has 132 valence electrons. The van der Waals surface area contributed by atoms with Crippen LogP contribution in [-0.2, 0) is 0 Å². The van der Waals surface area contributed by atoms with Crippen LogP contribution in [-0.4, -0.2) is 62.1 Å². The number of aliphatic imine (C=N–C) groups is 1. The third-order valence-corrected chi connectivity index (χ3v) is 6.25. The first-order valence-corrected chi connectivity index (χ1v) is 9.99. The van der Waals surface area contributed by atoms with Gasteiger partial charge in [-0.05, 0) is 70.0 Å². The number of piperidine rings is 1. The van der Waals surface area contributed by atoms with Crippen LogP contribution in [0.4, 0.5) is 0 Å². The van der Waals surface area contributed by atoms with Gasteiger partial charge >= 0.3 is 0 Å². The summed E-state index contributed by atoms with van der Waals surface area (Å²) in [5.41, 5.74) is 0.659. The Morgan fingerprint density at radius 3 is 2.43 bits per heavy atom. The SMILES string of the molecule is CN=C(NCCCCCN1CCCCC1)N1CCC2(CCC2)C1. The molecule has 1 aliphatic carbocycles. The summed E-state index contributed by atoms with van der Waals surface area (Å²) in [4.78, 5) is 9.65. The number of guanidine groups is 1. The Morgan fingerprint density at radius 2 is 1.78 bits per heavy atom. The first-order chi connectivity index (χ1) is 11.3. The van der Waals surface area contributed by atoms with Crippen LogP contribution in [0.3, 0.4) is 0 Å². The van der Waals surface area contributed by atoms with Gasteiger partial charge < -0.3 is 15.1 Å². The first-order valence-electron chi connectivity index (χ1n) is 9.99. The Balaban J connectivity index is 1.26. The Labute approximate surface area is 142 Å². The van der Waals surface area contributed by atoms with Crippen molar-refractivity contribution in [1.82, 2.24) is 15.1 Å². The molecule has 4 nitrogen and oxygen atoms in total. The molecule has 1 N–H and O–H groups in total. The third-order valence-electron chi connectivity index (χ3n) is 6.25. The molecular weight excluding hydrogens is 284 g/mol. The summed E-state index contributed by atoms with van der Waals surface area (Å²) in [6.45, 7) is 7.50. The van der Waals surface area contributed by atoms with Crippen molar-refractivity contribution in [1.29, 1.82) is 0 Å². The second-order valence-corrected chi connectivity index (χ2v) is 7.96. The lowest BCUT2D eigenvalue weighted by molar-refractivity contribution is 0.151. The topological polar surface area (TPSA) is 30.9 Å². The van der Waals surface area contributed by atoms with E-state index in [1.54, 1.807) is 0 Å². The molecule has 3 aliphatic rings. The molecular formula is C19H36N4. The molecule has 0 aromatic carbocycles. The Morgan fingerprint density at radius 1 is 0.957 bits per heavy atom. The van der Waals surface area contributed by atoms with Crippen LogP contribution in [0.5, 0.6) is 0 Å². The monoisotopic (exact) mass is 320 g/mol. The number of likely N-dealkylation sites (tertiary alicyclic amines) is 2. The van der Waals surface area contributed by atoms with Crippen LogP contribution in [0.1, 0.15) is 64.2 Å². The molecule has 0 radical (unpaired) electrons. The van der Waals surface area contributed by atoms with Crippen molar-refractivity contribution in [2.45, 2.75) is 64.2 Å². The van der Waals surface area contributed by atoms with Crippen molar-refractivity contribution >= 4 is 5.96 Å². The molecule has 0 aromatic rings.